The summed E-state index contributed by atoms with van der Waals surface area (Å²) in [6.07, 6.45) is 0. The molecule has 1 atom stereocenters. The summed E-state index contributed by atoms with van der Waals surface area (Å²) in [4.78, 5) is 28.4. The van der Waals surface area contributed by atoms with Gasteiger partial charge in [0.05, 0.1) is 20.6 Å². The van der Waals surface area contributed by atoms with Crippen LogP contribution in [0.5, 0.6) is 0 Å². The summed E-state index contributed by atoms with van der Waals surface area (Å²) >= 11 is 12.3. The molecule has 0 aromatic heterocycles. The molecule has 0 bridgehead atoms. The molecule has 39 heavy (non-hydrogen) atoms. The molecule has 0 fully saturated rings. The number of halogens is 2. The van der Waals surface area contributed by atoms with E-state index >= 15 is 0 Å². The van der Waals surface area contributed by atoms with E-state index in [-0.39, 0.29) is 23.4 Å². The maximum absolute atomic E-state index is 14.0. The van der Waals surface area contributed by atoms with E-state index in [9.17, 15) is 18.0 Å². The Hall–Kier alpha value is -3.07. The summed E-state index contributed by atoms with van der Waals surface area (Å²) in [6.45, 7) is 8.46. The van der Waals surface area contributed by atoms with Gasteiger partial charge < -0.3 is 10.2 Å². The molecule has 0 saturated heterocycles. The van der Waals surface area contributed by atoms with Crippen molar-refractivity contribution < 1.29 is 18.0 Å². The summed E-state index contributed by atoms with van der Waals surface area (Å²) in [7, 11) is -4.13. The fourth-order valence-corrected chi connectivity index (χ4v) is 5.87. The lowest BCUT2D eigenvalue weighted by Crippen LogP contribution is -2.52. The van der Waals surface area contributed by atoms with Crippen molar-refractivity contribution in [1.82, 2.24) is 10.2 Å². The first kappa shape index (κ1) is 30.5. The number of nitrogens with zero attached hydrogens (tertiary/aromatic N) is 2. The summed E-state index contributed by atoms with van der Waals surface area (Å²) in [5, 5.41) is 3.50. The van der Waals surface area contributed by atoms with Gasteiger partial charge >= 0.3 is 0 Å². The van der Waals surface area contributed by atoms with Crippen LogP contribution in [-0.4, -0.2) is 43.8 Å². The first-order valence-corrected chi connectivity index (χ1v) is 14.7. The third kappa shape index (κ3) is 7.32. The van der Waals surface area contributed by atoms with Crippen molar-refractivity contribution in [1.29, 1.82) is 0 Å². The number of hydrogen-bond donors (Lipinski definition) is 1. The molecule has 0 aliphatic heterocycles. The van der Waals surface area contributed by atoms with Gasteiger partial charge in [0.25, 0.3) is 10.0 Å². The van der Waals surface area contributed by atoms with Crippen molar-refractivity contribution in [3.05, 3.63) is 93.5 Å². The number of rotatable bonds is 10. The number of nitrogens with one attached hydrogen (secondary N) is 1. The molecule has 3 aromatic carbocycles. The van der Waals surface area contributed by atoms with E-state index < -0.39 is 28.5 Å². The van der Waals surface area contributed by atoms with Gasteiger partial charge in [0.1, 0.15) is 12.6 Å². The molecule has 7 nitrogen and oxygen atoms in total. The Morgan fingerprint density at radius 1 is 0.897 bits per heavy atom. The van der Waals surface area contributed by atoms with E-state index in [1.807, 2.05) is 33.8 Å². The van der Waals surface area contributed by atoms with Crippen LogP contribution in [0.3, 0.4) is 0 Å². The molecule has 1 N–H and O–H groups in total. The van der Waals surface area contributed by atoms with E-state index in [0.717, 1.165) is 15.4 Å². The first-order valence-electron chi connectivity index (χ1n) is 12.5. The molecule has 0 spiro atoms. The predicted octanol–water partition coefficient (Wildman–Crippen LogP) is 5.75. The van der Waals surface area contributed by atoms with Crippen LogP contribution in [0.1, 0.15) is 37.5 Å². The quantitative estimate of drug-likeness (QED) is 0.326. The normalized spacial score (nSPS) is 12.2. The molecule has 0 aliphatic rings. The molecule has 2 amide bonds. The van der Waals surface area contributed by atoms with Gasteiger partial charge in [-0.15, -0.1) is 0 Å². The summed E-state index contributed by atoms with van der Waals surface area (Å²) in [5.74, 6) is -0.907. The predicted molar refractivity (Wildman–Crippen MR) is 157 cm³/mol. The lowest BCUT2D eigenvalue weighted by Gasteiger charge is -2.33. The molecule has 208 valence electrons. The summed E-state index contributed by atoms with van der Waals surface area (Å²) in [5.41, 5.74) is 2.64. The van der Waals surface area contributed by atoms with Gasteiger partial charge in [-0.1, -0.05) is 59.6 Å². The Balaban J connectivity index is 2.08. The van der Waals surface area contributed by atoms with Crippen LogP contribution in [0, 0.1) is 13.8 Å². The number of sulfonamides is 1. The molecule has 0 heterocycles. The lowest BCUT2D eigenvalue weighted by atomic mass is 10.1. The van der Waals surface area contributed by atoms with Gasteiger partial charge in [-0.2, -0.15) is 0 Å². The number of benzene rings is 3. The average molecular weight is 591 g/mol. The second-order valence-corrected chi connectivity index (χ2v) is 12.3. The van der Waals surface area contributed by atoms with E-state index in [0.29, 0.717) is 21.3 Å². The van der Waals surface area contributed by atoms with Crippen LogP contribution in [-0.2, 0) is 26.2 Å². The fraction of sp³-hybridized carbons (Fsp3) is 0.310. The minimum Gasteiger partial charge on any atom is -0.352 e. The number of aryl methyl sites for hydroxylation is 1. The van der Waals surface area contributed by atoms with E-state index in [2.05, 4.69) is 5.32 Å². The smallest absolute Gasteiger partial charge is 0.264 e. The van der Waals surface area contributed by atoms with Gasteiger partial charge in [-0.05, 0) is 81.6 Å². The Bertz CT molecular complexity index is 1450. The topological polar surface area (TPSA) is 86.8 Å². The van der Waals surface area contributed by atoms with Crippen molar-refractivity contribution in [2.24, 2.45) is 0 Å². The van der Waals surface area contributed by atoms with Gasteiger partial charge in [-0.25, -0.2) is 8.42 Å². The molecular weight excluding hydrogens is 557 g/mol. The Morgan fingerprint density at radius 2 is 1.56 bits per heavy atom. The van der Waals surface area contributed by atoms with Gasteiger partial charge in [-0.3, -0.25) is 13.9 Å². The summed E-state index contributed by atoms with van der Waals surface area (Å²) < 4.78 is 28.9. The third-order valence-corrected chi connectivity index (χ3v) is 8.90. The Labute approximate surface area is 240 Å². The van der Waals surface area contributed by atoms with Crippen molar-refractivity contribution in [2.45, 2.75) is 58.1 Å². The second-order valence-electron chi connectivity index (χ2n) is 9.65. The van der Waals surface area contributed by atoms with E-state index in [1.165, 1.54) is 17.0 Å². The Kier molecular flexibility index (Phi) is 10.0. The maximum atomic E-state index is 14.0. The number of anilines is 1. The lowest BCUT2D eigenvalue weighted by molar-refractivity contribution is -0.139. The SMILES string of the molecule is Cc1cccc(N(CC(=O)N(Cc2ccc(Cl)c(Cl)c2)C(C)C(=O)NC(C)C)S(=O)(=O)c2ccccc2)c1C. The number of amides is 2. The van der Waals surface area contributed by atoms with Crippen LogP contribution >= 0.6 is 23.2 Å². The van der Waals surface area contributed by atoms with Crippen LogP contribution < -0.4 is 9.62 Å². The fourth-order valence-electron chi connectivity index (χ4n) is 4.06. The van der Waals surface area contributed by atoms with Crippen LogP contribution in [0.15, 0.2) is 71.6 Å². The molecule has 0 radical (unpaired) electrons. The van der Waals surface area contributed by atoms with Gasteiger partial charge in [0, 0.05) is 12.6 Å². The zero-order chi connectivity index (χ0) is 28.9. The zero-order valence-corrected chi connectivity index (χ0v) is 24.9. The molecule has 10 heteroatoms. The molecular formula is C29H33Cl2N3O4S. The third-order valence-electron chi connectivity index (χ3n) is 6.39. The van der Waals surface area contributed by atoms with Crippen LogP contribution in [0.2, 0.25) is 10.0 Å². The standard InChI is InChI=1S/C29H33Cl2N3O4S/c1-19(2)32-29(36)22(5)33(17-23-14-15-25(30)26(31)16-23)28(35)18-34(27-13-9-10-20(3)21(27)4)39(37,38)24-11-7-6-8-12-24/h6-16,19,22H,17-18H2,1-5H3,(H,32,36). The number of carbonyl (C=O) groups excluding carboxylic acids is 2. The maximum Gasteiger partial charge on any atom is 0.264 e. The van der Waals surface area contributed by atoms with E-state index in [4.69, 9.17) is 23.2 Å². The number of hydrogen-bond acceptors (Lipinski definition) is 4. The van der Waals surface area contributed by atoms with Crippen molar-refractivity contribution >= 4 is 50.7 Å². The first-order chi connectivity index (χ1) is 18.3. The van der Waals surface area contributed by atoms with Crippen molar-refractivity contribution in [3.63, 3.8) is 0 Å². The average Bonchev–Trinajstić information content (AvgIpc) is 2.89. The highest BCUT2D eigenvalue weighted by Gasteiger charge is 2.33. The molecule has 0 saturated carbocycles. The van der Waals surface area contributed by atoms with Gasteiger partial charge in [0.15, 0.2) is 0 Å². The van der Waals surface area contributed by atoms with Crippen LogP contribution in [0.4, 0.5) is 5.69 Å². The molecule has 1 unspecified atom stereocenters. The van der Waals surface area contributed by atoms with Crippen LogP contribution in [0.25, 0.3) is 0 Å². The highest BCUT2D eigenvalue weighted by molar-refractivity contribution is 7.92. The molecule has 0 aliphatic carbocycles. The number of carbonyl (C=O) groups is 2. The second kappa shape index (κ2) is 12.9. The Morgan fingerprint density at radius 3 is 2.18 bits per heavy atom. The van der Waals surface area contributed by atoms with Crippen molar-refractivity contribution in [2.75, 3.05) is 10.8 Å². The van der Waals surface area contributed by atoms with E-state index in [1.54, 1.807) is 55.5 Å². The van der Waals surface area contributed by atoms with Gasteiger partial charge in [0.2, 0.25) is 11.8 Å². The van der Waals surface area contributed by atoms with Crippen molar-refractivity contribution in [3.8, 4) is 0 Å². The molecule has 3 rings (SSSR count). The molecule has 3 aromatic rings. The summed E-state index contributed by atoms with van der Waals surface area (Å²) in [6, 6.07) is 17.2. The minimum atomic E-state index is -4.13. The monoisotopic (exact) mass is 589 g/mol. The largest absolute Gasteiger partial charge is 0.352 e. The minimum absolute atomic E-state index is 0.0223. The zero-order valence-electron chi connectivity index (χ0n) is 22.6. The highest BCUT2D eigenvalue weighted by Crippen LogP contribution is 2.29. The highest BCUT2D eigenvalue weighted by atomic mass is 35.5.